The zero-order valence-electron chi connectivity index (χ0n) is 17.1. The van der Waals surface area contributed by atoms with Gasteiger partial charge in [0.15, 0.2) is 10.2 Å². The zero-order valence-corrected chi connectivity index (χ0v) is 18.7. The number of benzene rings is 2. The Labute approximate surface area is 179 Å². The van der Waals surface area contributed by atoms with Gasteiger partial charge in [0, 0.05) is 24.5 Å². The summed E-state index contributed by atoms with van der Waals surface area (Å²) in [4.78, 5) is 0. The second kappa shape index (κ2) is 11.0. The lowest BCUT2D eigenvalue weighted by atomic mass is 10.1. The number of nitrogens with one attached hydrogen (secondary N) is 4. The molecule has 0 saturated carbocycles. The lowest BCUT2D eigenvalue weighted by molar-refractivity contribution is 0.694. The van der Waals surface area contributed by atoms with Crippen molar-refractivity contribution in [1.29, 1.82) is 0 Å². The van der Waals surface area contributed by atoms with Crippen LogP contribution in [0.25, 0.3) is 0 Å². The third kappa shape index (κ3) is 6.77. The Kier molecular flexibility index (Phi) is 8.67. The number of thiocarbonyl (C=S) groups is 2. The van der Waals surface area contributed by atoms with Crippen LogP contribution >= 0.6 is 24.4 Å². The van der Waals surface area contributed by atoms with Gasteiger partial charge in [0.25, 0.3) is 0 Å². The second-order valence-corrected chi connectivity index (χ2v) is 7.82. The number of hydrogen-bond acceptors (Lipinski definition) is 2. The normalized spacial score (nSPS) is 10.3. The third-order valence-electron chi connectivity index (χ3n) is 4.61. The highest BCUT2D eigenvalue weighted by Gasteiger charge is 2.05. The van der Waals surface area contributed by atoms with E-state index in [4.69, 9.17) is 24.4 Å². The number of para-hydroxylation sites is 2. The monoisotopic (exact) mass is 414 g/mol. The Morgan fingerprint density at radius 1 is 0.643 bits per heavy atom. The summed E-state index contributed by atoms with van der Waals surface area (Å²) in [5.74, 6) is 0. The molecule has 0 aromatic heterocycles. The van der Waals surface area contributed by atoms with Gasteiger partial charge >= 0.3 is 0 Å². The van der Waals surface area contributed by atoms with Gasteiger partial charge in [-0.2, -0.15) is 0 Å². The highest BCUT2D eigenvalue weighted by molar-refractivity contribution is 7.80. The first kappa shape index (κ1) is 22.1. The molecule has 0 amide bonds. The van der Waals surface area contributed by atoms with E-state index >= 15 is 0 Å². The highest BCUT2D eigenvalue weighted by atomic mass is 32.1. The maximum atomic E-state index is 5.40. The number of unbranched alkanes of at least 4 members (excludes halogenated alkanes) is 1. The summed E-state index contributed by atoms with van der Waals surface area (Å²) >= 11 is 10.8. The van der Waals surface area contributed by atoms with E-state index in [0.717, 1.165) is 37.3 Å². The molecule has 0 aliphatic rings. The van der Waals surface area contributed by atoms with Crippen molar-refractivity contribution in [3.63, 3.8) is 0 Å². The standard InChI is InChI=1S/C22H30N4S2/c1-15-9-7-10-16(2)19(15)25-21(27)23-13-5-6-14-24-22(28)26-20-17(3)11-8-12-18(20)4/h7-12H,5-6,13-14H2,1-4H3,(H2,23,25,27)(H2,24,26,28). The van der Waals surface area contributed by atoms with Gasteiger partial charge in [0.05, 0.1) is 0 Å². The summed E-state index contributed by atoms with van der Waals surface area (Å²) in [5, 5.41) is 14.5. The van der Waals surface area contributed by atoms with Crippen LogP contribution in [0.15, 0.2) is 36.4 Å². The third-order valence-corrected chi connectivity index (χ3v) is 5.11. The first-order chi connectivity index (χ1) is 13.4. The smallest absolute Gasteiger partial charge is 0.170 e. The summed E-state index contributed by atoms with van der Waals surface area (Å²) in [6, 6.07) is 12.4. The van der Waals surface area contributed by atoms with Crippen molar-refractivity contribution in [2.75, 3.05) is 23.7 Å². The Morgan fingerprint density at radius 3 is 1.29 bits per heavy atom. The van der Waals surface area contributed by atoms with E-state index in [1.54, 1.807) is 0 Å². The molecule has 0 aliphatic carbocycles. The molecular formula is C22H30N4S2. The molecule has 6 heteroatoms. The van der Waals surface area contributed by atoms with Crippen LogP contribution in [-0.2, 0) is 0 Å². The largest absolute Gasteiger partial charge is 0.362 e. The van der Waals surface area contributed by atoms with Gasteiger partial charge in [0.2, 0.25) is 0 Å². The Balaban J connectivity index is 1.63. The molecule has 0 spiro atoms. The summed E-state index contributed by atoms with van der Waals surface area (Å²) in [7, 11) is 0. The lowest BCUT2D eigenvalue weighted by Crippen LogP contribution is -2.32. The molecule has 28 heavy (non-hydrogen) atoms. The van der Waals surface area contributed by atoms with Gasteiger partial charge in [-0.3, -0.25) is 0 Å². The van der Waals surface area contributed by atoms with E-state index in [1.807, 2.05) is 0 Å². The summed E-state index contributed by atoms with van der Waals surface area (Å²) in [5.41, 5.74) is 6.95. The van der Waals surface area contributed by atoms with Gasteiger partial charge in [-0.15, -0.1) is 0 Å². The predicted molar refractivity (Wildman–Crippen MR) is 130 cm³/mol. The average Bonchev–Trinajstić information content (AvgIpc) is 2.64. The molecule has 2 rings (SSSR count). The van der Waals surface area contributed by atoms with E-state index in [-0.39, 0.29) is 0 Å². The lowest BCUT2D eigenvalue weighted by Gasteiger charge is -2.15. The highest BCUT2D eigenvalue weighted by Crippen LogP contribution is 2.20. The van der Waals surface area contributed by atoms with E-state index in [0.29, 0.717) is 10.2 Å². The Bertz CT molecular complexity index is 723. The van der Waals surface area contributed by atoms with Crippen molar-refractivity contribution in [1.82, 2.24) is 10.6 Å². The number of rotatable bonds is 7. The van der Waals surface area contributed by atoms with E-state index in [2.05, 4.69) is 85.4 Å². The van der Waals surface area contributed by atoms with Crippen LogP contribution in [-0.4, -0.2) is 23.3 Å². The van der Waals surface area contributed by atoms with Gasteiger partial charge < -0.3 is 21.3 Å². The fourth-order valence-corrected chi connectivity index (χ4v) is 3.40. The van der Waals surface area contributed by atoms with Crippen molar-refractivity contribution < 1.29 is 0 Å². The minimum atomic E-state index is 0.664. The van der Waals surface area contributed by atoms with Crippen LogP contribution in [0, 0.1) is 27.7 Å². The van der Waals surface area contributed by atoms with Crippen LogP contribution < -0.4 is 21.3 Å². The van der Waals surface area contributed by atoms with Gasteiger partial charge in [-0.25, -0.2) is 0 Å². The van der Waals surface area contributed by atoms with Crippen molar-refractivity contribution in [2.45, 2.75) is 40.5 Å². The molecule has 0 atom stereocenters. The first-order valence-corrected chi connectivity index (χ1v) is 10.4. The molecule has 2 aromatic rings. The molecule has 150 valence electrons. The molecule has 0 unspecified atom stereocenters. The maximum absolute atomic E-state index is 5.40. The van der Waals surface area contributed by atoms with Crippen LogP contribution in [0.1, 0.15) is 35.1 Å². The molecule has 0 saturated heterocycles. The Hall–Kier alpha value is -2.18. The number of anilines is 2. The van der Waals surface area contributed by atoms with Crippen molar-refractivity contribution in [2.24, 2.45) is 0 Å². The fourth-order valence-electron chi connectivity index (χ4n) is 2.99. The van der Waals surface area contributed by atoms with Crippen LogP contribution in [0.5, 0.6) is 0 Å². The molecule has 2 aromatic carbocycles. The fraction of sp³-hybridized carbons (Fsp3) is 0.364. The Morgan fingerprint density at radius 2 is 0.964 bits per heavy atom. The van der Waals surface area contributed by atoms with Crippen molar-refractivity contribution in [3.8, 4) is 0 Å². The molecule has 0 bridgehead atoms. The topological polar surface area (TPSA) is 48.1 Å². The molecule has 0 fully saturated rings. The number of aryl methyl sites for hydroxylation is 4. The minimum Gasteiger partial charge on any atom is -0.362 e. The molecule has 0 radical (unpaired) electrons. The van der Waals surface area contributed by atoms with Crippen LogP contribution in [0.4, 0.5) is 11.4 Å². The quantitative estimate of drug-likeness (QED) is 0.379. The first-order valence-electron chi connectivity index (χ1n) is 9.60. The van der Waals surface area contributed by atoms with E-state index < -0.39 is 0 Å². The molecule has 0 aliphatic heterocycles. The van der Waals surface area contributed by atoms with Crippen molar-refractivity contribution >= 4 is 46.0 Å². The predicted octanol–water partition coefficient (Wildman–Crippen LogP) is 4.97. The second-order valence-electron chi connectivity index (χ2n) is 7.00. The molecular weight excluding hydrogens is 384 g/mol. The van der Waals surface area contributed by atoms with Gasteiger partial charge in [-0.1, -0.05) is 36.4 Å². The van der Waals surface area contributed by atoms with Gasteiger partial charge in [0.1, 0.15) is 0 Å². The summed E-state index contributed by atoms with van der Waals surface area (Å²) < 4.78 is 0. The van der Waals surface area contributed by atoms with Gasteiger partial charge in [-0.05, 0) is 87.2 Å². The zero-order chi connectivity index (χ0) is 20.5. The van der Waals surface area contributed by atoms with E-state index in [1.165, 1.54) is 22.3 Å². The summed E-state index contributed by atoms with van der Waals surface area (Å²) in [6.07, 6.45) is 2.02. The SMILES string of the molecule is Cc1cccc(C)c1NC(=S)NCCCCNC(=S)Nc1c(C)cccc1C. The van der Waals surface area contributed by atoms with Crippen molar-refractivity contribution in [3.05, 3.63) is 58.7 Å². The van der Waals surface area contributed by atoms with E-state index in [9.17, 15) is 0 Å². The molecule has 4 N–H and O–H groups in total. The van der Waals surface area contributed by atoms with Crippen LogP contribution in [0.2, 0.25) is 0 Å². The minimum absolute atomic E-state index is 0.664. The molecule has 0 heterocycles. The average molecular weight is 415 g/mol. The summed E-state index contributed by atoms with van der Waals surface area (Å²) in [6.45, 7) is 9.99. The molecule has 4 nitrogen and oxygen atoms in total. The number of hydrogen-bond donors (Lipinski definition) is 4. The van der Waals surface area contributed by atoms with Crippen LogP contribution in [0.3, 0.4) is 0 Å². The maximum Gasteiger partial charge on any atom is 0.170 e.